The summed E-state index contributed by atoms with van der Waals surface area (Å²) in [5, 5.41) is 0.671. The molecule has 4 aromatic rings. The van der Waals surface area contributed by atoms with Crippen molar-refractivity contribution in [2.24, 2.45) is 5.73 Å². The molecule has 0 aliphatic carbocycles. The summed E-state index contributed by atoms with van der Waals surface area (Å²) in [6.45, 7) is 1.67. The summed E-state index contributed by atoms with van der Waals surface area (Å²) in [6, 6.07) is 16.5. The van der Waals surface area contributed by atoms with Crippen molar-refractivity contribution in [1.29, 1.82) is 0 Å². The first-order valence-corrected chi connectivity index (χ1v) is 10.5. The number of pyridine rings is 1. The Kier molecular flexibility index (Phi) is 4.99. The molecule has 0 saturated carbocycles. The molecule has 1 aliphatic rings. The summed E-state index contributed by atoms with van der Waals surface area (Å²) in [5.74, 6) is -0.417. The zero-order valence-electron chi connectivity index (χ0n) is 16.9. The van der Waals surface area contributed by atoms with E-state index < -0.39 is 17.5 Å². The van der Waals surface area contributed by atoms with E-state index in [0.717, 1.165) is 16.7 Å². The number of ether oxygens (including phenoxy) is 1. The zero-order chi connectivity index (χ0) is 22.4. The molecule has 2 aromatic carbocycles. The Morgan fingerprint density at radius 3 is 2.59 bits per heavy atom. The quantitative estimate of drug-likeness (QED) is 0.351. The van der Waals surface area contributed by atoms with E-state index >= 15 is 0 Å². The van der Waals surface area contributed by atoms with Crippen molar-refractivity contribution in [2.75, 3.05) is 0 Å². The van der Waals surface area contributed by atoms with E-state index in [2.05, 4.69) is 26.3 Å². The van der Waals surface area contributed by atoms with Gasteiger partial charge in [-0.15, -0.1) is 0 Å². The number of fused-ring (bicyclic) bond motifs is 3. The first kappa shape index (κ1) is 20.3. The van der Waals surface area contributed by atoms with Gasteiger partial charge in [0.05, 0.1) is 0 Å². The van der Waals surface area contributed by atoms with Gasteiger partial charge in [-0.25, -0.2) is 0 Å². The van der Waals surface area contributed by atoms with E-state index in [1.54, 1.807) is 25.1 Å². The third-order valence-corrected chi connectivity index (χ3v) is 5.94. The molecule has 0 amide bonds. The summed E-state index contributed by atoms with van der Waals surface area (Å²) < 4.78 is 28.0. The van der Waals surface area contributed by atoms with Gasteiger partial charge in [-0.05, 0) is 0 Å². The maximum atomic E-state index is 13.5. The molecule has 0 spiro atoms. The van der Waals surface area contributed by atoms with Crippen LogP contribution in [-0.2, 0) is 16.8 Å². The number of allylic oxidation sites excluding steroid dienone is 1. The van der Waals surface area contributed by atoms with Crippen LogP contribution in [0.4, 0.5) is 4.39 Å². The SMILES string of the molecule is Cc1cc(-c2ccc(C3C([C]#[V])=C(N)Oc4c3c(=O)oc3ccccc43)cc2)cnc1F. The van der Waals surface area contributed by atoms with Crippen LogP contribution >= 0.6 is 0 Å². The van der Waals surface area contributed by atoms with E-state index in [1.165, 1.54) is 6.20 Å². The van der Waals surface area contributed by atoms with E-state index in [4.69, 9.17) is 14.9 Å². The van der Waals surface area contributed by atoms with Gasteiger partial charge < -0.3 is 0 Å². The van der Waals surface area contributed by atoms with Crippen molar-refractivity contribution in [3.63, 3.8) is 0 Å². The number of nitrogens with two attached hydrogens (primary N) is 1. The van der Waals surface area contributed by atoms with Gasteiger partial charge in [0.2, 0.25) is 0 Å². The van der Waals surface area contributed by atoms with Crippen molar-refractivity contribution in [2.45, 2.75) is 12.8 Å². The Hall–Kier alpha value is -3.57. The van der Waals surface area contributed by atoms with Crippen molar-refractivity contribution in [1.82, 2.24) is 4.98 Å². The number of hydrogen-bond acceptors (Lipinski definition) is 5. The molecule has 1 aliphatic heterocycles. The predicted molar refractivity (Wildman–Crippen MR) is 114 cm³/mol. The number of hydrogen-bond donors (Lipinski definition) is 1. The molecule has 1 atom stereocenters. The first-order valence-electron chi connectivity index (χ1n) is 9.83. The molecule has 0 bridgehead atoms. The van der Waals surface area contributed by atoms with Gasteiger partial charge in [-0.3, -0.25) is 0 Å². The number of benzene rings is 2. The molecule has 3 heterocycles. The molecule has 32 heavy (non-hydrogen) atoms. The van der Waals surface area contributed by atoms with Gasteiger partial charge in [-0.1, -0.05) is 0 Å². The number of halogens is 1. The molecule has 2 aromatic heterocycles. The summed E-state index contributed by atoms with van der Waals surface area (Å²) in [4.78, 5) is 16.8. The van der Waals surface area contributed by atoms with Crippen LogP contribution in [0.5, 0.6) is 5.75 Å². The van der Waals surface area contributed by atoms with E-state index in [9.17, 15) is 9.18 Å². The summed E-state index contributed by atoms with van der Waals surface area (Å²) in [6.07, 6.45) is 1.50. The maximum absolute atomic E-state index is 13.5. The van der Waals surface area contributed by atoms with Gasteiger partial charge >= 0.3 is 192 Å². The van der Waals surface area contributed by atoms with Crippen LogP contribution in [0.3, 0.4) is 0 Å². The van der Waals surface area contributed by atoms with E-state index in [1.807, 2.05) is 36.4 Å². The monoisotopic (exact) mass is 462 g/mol. The number of rotatable bonds is 2. The average Bonchev–Trinajstić information content (AvgIpc) is 2.80. The number of nitrogens with zero attached hydrogens (tertiary/aromatic N) is 1. The normalized spacial score (nSPS) is 15.2. The van der Waals surface area contributed by atoms with Gasteiger partial charge in [0.25, 0.3) is 0 Å². The van der Waals surface area contributed by atoms with Crippen LogP contribution in [0.15, 0.2) is 81.5 Å². The minimum atomic E-state index is -0.509. The summed E-state index contributed by atoms with van der Waals surface area (Å²) in [5.41, 5.74) is 10.1. The molecular weight excluding hydrogens is 446 g/mol. The van der Waals surface area contributed by atoms with Gasteiger partial charge in [0.15, 0.2) is 0 Å². The van der Waals surface area contributed by atoms with Gasteiger partial charge in [-0.2, -0.15) is 0 Å². The average molecular weight is 462 g/mol. The number of aromatic nitrogens is 1. The molecule has 0 saturated heterocycles. The Morgan fingerprint density at radius 1 is 1.12 bits per heavy atom. The standard InChI is InChI=1S/C25H16FN2O3.V/c1-13-11-17(12-28-23(13)26)15-7-9-16(10-8-15)20-14(2)24(27)31-22-18-5-3-4-6-19(18)30-25(29)21(20)22;/h3-12,20H,27H2,1H3;. The van der Waals surface area contributed by atoms with Crippen LogP contribution in [0.2, 0.25) is 0 Å². The molecule has 2 N–H and O–H groups in total. The van der Waals surface area contributed by atoms with Crippen LogP contribution in [0.1, 0.15) is 22.6 Å². The van der Waals surface area contributed by atoms with Crippen LogP contribution < -0.4 is 16.1 Å². The predicted octanol–water partition coefficient (Wildman–Crippen LogP) is 4.50. The Bertz CT molecular complexity index is 1520. The van der Waals surface area contributed by atoms with Crippen molar-refractivity contribution in [3.05, 3.63) is 105 Å². The topological polar surface area (TPSA) is 78.4 Å². The molecule has 5 rings (SSSR count). The van der Waals surface area contributed by atoms with E-state index in [-0.39, 0.29) is 5.88 Å². The Morgan fingerprint density at radius 2 is 1.88 bits per heavy atom. The van der Waals surface area contributed by atoms with Crippen LogP contribution in [0, 0.1) is 17.4 Å². The first-order chi connectivity index (χ1) is 15.5. The van der Waals surface area contributed by atoms with Crippen molar-refractivity contribution < 1.29 is 30.3 Å². The fourth-order valence-electron chi connectivity index (χ4n) is 3.98. The zero-order valence-corrected chi connectivity index (χ0v) is 18.3. The molecular formula is C25H16FN2O3V. The number of para-hydroxylation sites is 1. The molecule has 156 valence electrons. The van der Waals surface area contributed by atoms with Crippen molar-refractivity contribution in [3.8, 4) is 21.4 Å². The molecule has 7 heteroatoms. The summed E-state index contributed by atoms with van der Waals surface area (Å²) in [7, 11) is 0. The minimum absolute atomic E-state index is 0.182. The molecule has 1 unspecified atom stereocenters. The molecule has 0 radical (unpaired) electrons. The second-order valence-electron chi connectivity index (χ2n) is 7.51. The third-order valence-electron chi connectivity index (χ3n) is 5.57. The van der Waals surface area contributed by atoms with Crippen LogP contribution in [-0.4, -0.2) is 4.98 Å². The Labute approximate surface area is 191 Å². The third kappa shape index (κ3) is 3.26. The summed E-state index contributed by atoms with van der Waals surface area (Å²) >= 11 is 2.23. The fraction of sp³-hybridized carbons (Fsp3) is 0.0800. The van der Waals surface area contributed by atoms with Gasteiger partial charge in [0.1, 0.15) is 0 Å². The second kappa shape index (κ2) is 7.84. The Balaban J connectivity index is 1.67. The van der Waals surface area contributed by atoms with Crippen molar-refractivity contribution >= 4 is 11.0 Å². The van der Waals surface area contributed by atoms with Crippen LogP contribution in [0.25, 0.3) is 22.1 Å². The second-order valence-corrected chi connectivity index (χ2v) is 7.86. The van der Waals surface area contributed by atoms with Gasteiger partial charge in [0, 0.05) is 0 Å². The molecule has 5 nitrogen and oxygen atoms in total. The number of aryl methyl sites for hydroxylation is 1. The fourth-order valence-corrected chi connectivity index (χ4v) is 4.36. The van der Waals surface area contributed by atoms with E-state index in [0.29, 0.717) is 33.4 Å². The molecule has 0 fully saturated rings.